The first-order valence-electron chi connectivity index (χ1n) is 5.71. The molecule has 0 aliphatic heterocycles. The van der Waals surface area contributed by atoms with Crippen LogP contribution in [0.25, 0.3) is 0 Å². The van der Waals surface area contributed by atoms with Crippen LogP contribution in [0.4, 0.5) is 18.9 Å². The minimum atomic E-state index is -4.54. The van der Waals surface area contributed by atoms with Gasteiger partial charge in [-0.15, -0.1) is 0 Å². The molecular weight excluding hydrogens is 291 g/mol. The second kappa shape index (κ2) is 6.08. The van der Waals surface area contributed by atoms with Crippen molar-refractivity contribution >= 4 is 28.8 Å². The Balaban J connectivity index is 3.29. The topological polar surface area (TPSA) is 72.3 Å². The van der Waals surface area contributed by atoms with Gasteiger partial charge in [-0.05, 0) is 25.1 Å². The molecule has 0 heterocycles. The summed E-state index contributed by atoms with van der Waals surface area (Å²) in [7, 11) is 0. The molecule has 110 valence electrons. The maximum Gasteiger partial charge on any atom is 0.417 e. The third kappa shape index (κ3) is 3.83. The Morgan fingerprint density at radius 3 is 2.35 bits per heavy atom. The number of hydrogen-bond donors (Lipinski definition) is 2. The van der Waals surface area contributed by atoms with Gasteiger partial charge in [0.25, 0.3) is 0 Å². The number of thiocarbonyl (C=S) groups is 1. The number of hydrogen-bond acceptors (Lipinski definition) is 3. The van der Waals surface area contributed by atoms with Crippen molar-refractivity contribution < 1.29 is 18.0 Å². The summed E-state index contributed by atoms with van der Waals surface area (Å²) in [5, 5.41) is 0. The van der Waals surface area contributed by atoms with Crippen LogP contribution in [0, 0.1) is 0 Å². The lowest BCUT2D eigenvalue weighted by Gasteiger charge is -2.23. The molecule has 1 amide bonds. The van der Waals surface area contributed by atoms with Gasteiger partial charge in [0, 0.05) is 17.8 Å². The maximum atomic E-state index is 12.8. The number of alkyl halides is 3. The van der Waals surface area contributed by atoms with Crippen molar-refractivity contribution in [2.75, 3.05) is 18.0 Å². The first-order chi connectivity index (χ1) is 9.16. The average molecular weight is 305 g/mol. The van der Waals surface area contributed by atoms with E-state index in [2.05, 4.69) is 12.2 Å². The van der Waals surface area contributed by atoms with Gasteiger partial charge in [0.05, 0.1) is 12.1 Å². The predicted molar refractivity (Wildman–Crippen MR) is 74.4 cm³/mol. The van der Waals surface area contributed by atoms with E-state index in [1.807, 2.05) is 0 Å². The number of halogens is 3. The van der Waals surface area contributed by atoms with E-state index in [-0.39, 0.29) is 17.1 Å². The molecule has 8 heteroatoms. The maximum absolute atomic E-state index is 12.8. The molecule has 1 aromatic rings. The zero-order valence-electron chi connectivity index (χ0n) is 10.7. The van der Waals surface area contributed by atoms with Crippen LogP contribution in [0.1, 0.15) is 18.1 Å². The van der Waals surface area contributed by atoms with Crippen LogP contribution in [0.3, 0.4) is 0 Å². The van der Waals surface area contributed by atoms with Gasteiger partial charge in [-0.2, -0.15) is 13.2 Å². The highest BCUT2D eigenvalue weighted by atomic mass is 32.1. The zero-order valence-corrected chi connectivity index (χ0v) is 11.5. The average Bonchev–Trinajstić information content (AvgIpc) is 2.33. The second-order valence-electron chi connectivity index (χ2n) is 4.07. The quantitative estimate of drug-likeness (QED) is 0.811. The molecule has 0 unspecified atom stereocenters. The molecule has 0 radical (unpaired) electrons. The van der Waals surface area contributed by atoms with Gasteiger partial charge in [-0.25, -0.2) is 0 Å². The van der Waals surface area contributed by atoms with Crippen LogP contribution < -0.4 is 16.4 Å². The van der Waals surface area contributed by atoms with E-state index in [9.17, 15) is 18.0 Å². The van der Waals surface area contributed by atoms with E-state index >= 15 is 0 Å². The van der Waals surface area contributed by atoms with Crippen molar-refractivity contribution in [1.82, 2.24) is 0 Å². The van der Waals surface area contributed by atoms with Crippen molar-refractivity contribution in [2.45, 2.75) is 13.1 Å². The van der Waals surface area contributed by atoms with Crippen molar-refractivity contribution in [2.24, 2.45) is 11.5 Å². The lowest BCUT2D eigenvalue weighted by atomic mass is 10.1. The molecule has 0 spiro atoms. The van der Waals surface area contributed by atoms with Crippen LogP contribution in [-0.4, -0.2) is 24.0 Å². The lowest BCUT2D eigenvalue weighted by molar-refractivity contribution is -0.137. The van der Waals surface area contributed by atoms with Crippen molar-refractivity contribution in [1.29, 1.82) is 0 Å². The van der Waals surface area contributed by atoms with Crippen LogP contribution in [0.2, 0.25) is 0 Å². The monoisotopic (exact) mass is 305 g/mol. The standard InChI is InChI=1S/C12H14F3N3OS/c1-2-18(6-10(16)19)7-3-4-9(12(13,14)15)8(5-7)11(17)20/h3-5H,2,6H2,1H3,(H2,16,19)(H2,17,20). The molecule has 0 bridgehead atoms. The molecule has 0 aromatic heterocycles. The van der Waals surface area contributed by atoms with E-state index in [0.717, 1.165) is 6.07 Å². The van der Waals surface area contributed by atoms with Crippen molar-refractivity contribution in [3.8, 4) is 0 Å². The minimum Gasteiger partial charge on any atom is -0.389 e. The highest BCUT2D eigenvalue weighted by molar-refractivity contribution is 7.80. The van der Waals surface area contributed by atoms with E-state index in [0.29, 0.717) is 12.2 Å². The zero-order chi connectivity index (χ0) is 15.5. The molecule has 0 aliphatic carbocycles. The fourth-order valence-electron chi connectivity index (χ4n) is 1.75. The fraction of sp³-hybridized carbons (Fsp3) is 0.333. The summed E-state index contributed by atoms with van der Waals surface area (Å²) >= 11 is 4.66. The molecule has 0 fully saturated rings. The Labute approximate surface area is 119 Å². The highest BCUT2D eigenvalue weighted by Crippen LogP contribution is 2.34. The molecule has 4 nitrogen and oxygen atoms in total. The van der Waals surface area contributed by atoms with Crippen molar-refractivity contribution in [3.63, 3.8) is 0 Å². The number of primary amides is 1. The number of rotatable bonds is 5. The Morgan fingerprint density at radius 1 is 1.35 bits per heavy atom. The Bertz CT molecular complexity index is 531. The Morgan fingerprint density at radius 2 is 1.95 bits per heavy atom. The molecule has 0 saturated heterocycles. The van der Waals surface area contributed by atoms with Gasteiger partial charge in [0.15, 0.2) is 0 Å². The van der Waals surface area contributed by atoms with Crippen molar-refractivity contribution in [3.05, 3.63) is 29.3 Å². The lowest BCUT2D eigenvalue weighted by Crippen LogP contribution is -2.34. The summed E-state index contributed by atoms with van der Waals surface area (Å²) in [4.78, 5) is 12.1. The highest BCUT2D eigenvalue weighted by Gasteiger charge is 2.34. The van der Waals surface area contributed by atoms with E-state index < -0.39 is 17.6 Å². The molecule has 0 saturated carbocycles. The van der Waals surface area contributed by atoms with E-state index in [1.54, 1.807) is 6.92 Å². The smallest absolute Gasteiger partial charge is 0.389 e. The van der Waals surface area contributed by atoms with E-state index in [1.165, 1.54) is 17.0 Å². The normalized spacial score (nSPS) is 11.2. The van der Waals surface area contributed by atoms with Gasteiger partial charge in [-0.3, -0.25) is 4.79 Å². The van der Waals surface area contributed by atoms with E-state index in [4.69, 9.17) is 11.5 Å². The summed E-state index contributed by atoms with van der Waals surface area (Å²) in [6.45, 7) is 2.06. The molecule has 0 aliphatic rings. The minimum absolute atomic E-state index is 0.0986. The number of likely N-dealkylation sites (N-methyl/N-ethyl adjacent to an activating group) is 1. The number of nitrogens with two attached hydrogens (primary N) is 2. The molecule has 4 N–H and O–H groups in total. The van der Waals surface area contributed by atoms with Crippen LogP contribution in [0.15, 0.2) is 18.2 Å². The molecular formula is C12H14F3N3OS. The van der Waals surface area contributed by atoms with Gasteiger partial charge in [-0.1, -0.05) is 12.2 Å². The summed E-state index contributed by atoms with van der Waals surface area (Å²) in [5.74, 6) is -0.580. The Hall–Kier alpha value is -1.83. The number of nitrogens with zero attached hydrogens (tertiary/aromatic N) is 1. The first-order valence-corrected chi connectivity index (χ1v) is 6.12. The van der Waals surface area contributed by atoms with Gasteiger partial charge in [0.1, 0.15) is 4.99 Å². The van der Waals surface area contributed by atoms with Crippen LogP contribution in [-0.2, 0) is 11.0 Å². The third-order valence-corrected chi connectivity index (χ3v) is 2.89. The number of benzene rings is 1. The number of carbonyl (C=O) groups is 1. The third-order valence-electron chi connectivity index (χ3n) is 2.67. The summed E-state index contributed by atoms with van der Waals surface area (Å²) in [6.07, 6.45) is -4.54. The number of amides is 1. The summed E-state index contributed by atoms with van der Waals surface area (Å²) in [6, 6.07) is 3.38. The number of carbonyl (C=O) groups excluding carboxylic acids is 1. The number of anilines is 1. The molecule has 1 rings (SSSR count). The second-order valence-corrected chi connectivity index (χ2v) is 4.51. The summed E-state index contributed by atoms with van der Waals surface area (Å²) < 4.78 is 38.5. The van der Waals surface area contributed by atoms with Gasteiger partial charge in [0.2, 0.25) is 5.91 Å². The first kappa shape index (κ1) is 16.2. The van der Waals surface area contributed by atoms with Crippen LogP contribution in [0.5, 0.6) is 0 Å². The molecule has 1 aromatic carbocycles. The Kier molecular flexibility index (Phi) is 4.93. The molecule has 20 heavy (non-hydrogen) atoms. The SMILES string of the molecule is CCN(CC(N)=O)c1ccc(C(F)(F)F)c(C(N)=S)c1. The predicted octanol–water partition coefficient (Wildman–Crippen LogP) is 1.65. The van der Waals surface area contributed by atoms with Gasteiger partial charge >= 0.3 is 6.18 Å². The molecule has 0 atom stereocenters. The van der Waals surface area contributed by atoms with Gasteiger partial charge < -0.3 is 16.4 Å². The van der Waals surface area contributed by atoms with Crippen LogP contribution >= 0.6 is 12.2 Å². The largest absolute Gasteiger partial charge is 0.417 e. The fourth-order valence-corrected chi connectivity index (χ4v) is 1.92. The summed E-state index contributed by atoms with van der Waals surface area (Å²) in [5.41, 5.74) is 9.67.